The highest BCUT2D eigenvalue weighted by atomic mass is 32.1. The van der Waals surface area contributed by atoms with E-state index in [4.69, 9.17) is 14.8 Å². The van der Waals surface area contributed by atoms with Crippen LogP contribution in [0, 0.1) is 5.92 Å². The van der Waals surface area contributed by atoms with Gasteiger partial charge in [0.1, 0.15) is 10.8 Å². The second kappa shape index (κ2) is 18.5. The number of amides is 2. The number of aryl methyl sites for hydroxylation is 1. The van der Waals surface area contributed by atoms with Gasteiger partial charge in [-0.3, -0.25) is 9.59 Å². The highest BCUT2D eigenvalue weighted by Crippen LogP contribution is 2.28. The number of carbonyl (C=O) groups excluding carboxylic acids is 2. The molecule has 4 aromatic rings. The van der Waals surface area contributed by atoms with Gasteiger partial charge in [-0.1, -0.05) is 105 Å². The minimum atomic E-state index is -1.05. The van der Waals surface area contributed by atoms with E-state index in [1.54, 1.807) is 29.2 Å². The van der Waals surface area contributed by atoms with E-state index in [2.05, 4.69) is 42.6 Å². The molecule has 1 unspecified atom stereocenters. The molecule has 1 aliphatic rings. The highest BCUT2D eigenvalue weighted by Gasteiger charge is 2.20. The molecule has 8 nitrogen and oxygen atoms in total. The summed E-state index contributed by atoms with van der Waals surface area (Å²) in [6.45, 7) is 2.92. The number of nitrogens with zero attached hydrogens (tertiary/aromatic N) is 2. The van der Waals surface area contributed by atoms with Crippen molar-refractivity contribution in [2.45, 2.75) is 58.7 Å². The van der Waals surface area contributed by atoms with Gasteiger partial charge in [-0.05, 0) is 59.7 Å². The monoisotopic (exact) mass is 689 g/mol. The van der Waals surface area contributed by atoms with Gasteiger partial charge in [0.2, 0.25) is 11.8 Å². The molecule has 258 valence electrons. The molecule has 0 saturated carbocycles. The van der Waals surface area contributed by atoms with E-state index in [9.17, 15) is 14.4 Å². The van der Waals surface area contributed by atoms with Crippen molar-refractivity contribution in [2.75, 3.05) is 6.61 Å². The molecule has 0 radical (unpaired) electrons. The summed E-state index contributed by atoms with van der Waals surface area (Å²) in [5.41, 5.74) is 5.94. The van der Waals surface area contributed by atoms with Gasteiger partial charge >= 0.3 is 5.97 Å². The third-order valence-electron chi connectivity index (χ3n) is 8.34. The first-order chi connectivity index (χ1) is 24.4. The number of aliphatic carboxylic acids is 1. The number of thiazole rings is 1. The summed E-state index contributed by atoms with van der Waals surface area (Å²) in [5.74, 6) is -1.00. The molecule has 0 fully saturated rings. The molecule has 1 aromatic heterocycles. The lowest BCUT2D eigenvalue weighted by molar-refractivity contribution is -0.139. The number of carboxylic acids is 1. The van der Waals surface area contributed by atoms with Crippen molar-refractivity contribution in [1.82, 2.24) is 15.2 Å². The van der Waals surface area contributed by atoms with Gasteiger partial charge < -0.3 is 20.1 Å². The minimum absolute atomic E-state index is 0.00240. The van der Waals surface area contributed by atoms with Gasteiger partial charge in [0, 0.05) is 30.1 Å². The number of allylic oxidation sites excluding steroid dienone is 3. The Bertz CT molecular complexity index is 1810. The maximum atomic E-state index is 13.4. The average molecular weight is 690 g/mol. The SMILES string of the molecule is CCCCCc1ccc(CNC(=O)C2C=CC(c3nc(CN(Cc4ccc(OCC(=O)O)cc4)C(=O)/C=C/c4ccccc4)cs3)=CC2)cc1. The zero-order valence-electron chi connectivity index (χ0n) is 28.3. The van der Waals surface area contributed by atoms with Crippen molar-refractivity contribution < 1.29 is 24.2 Å². The summed E-state index contributed by atoms with van der Waals surface area (Å²) < 4.78 is 5.25. The summed E-state index contributed by atoms with van der Waals surface area (Å²) in [5, 5.41) is 14.8. The first kappa shape index (κ1) is 36.0. The number of carboxylic acid groups (broad SMARTS) is 1. The molecule has 2 amide bonds. The summed E-state index contributed by atoms with van der Waals surface area (Å²) in [4.78, 5) is 43.8. The lowest BCUT2D eigenvalue weighted by Gasteiger charge is -2.21. The van der Waals surface area contributed by atoms with Crippen LogP contribution in [0.4, 0.5) is 0 Å². The Hall–Kier alpha value is -5.28. The van der Waals surface area contributed by atoms with Crippen molar-refractivity contribution >= 4 is 40.8 Å². The maximum Gasteiger partial charge on any atom is 0.341 e. The summed E-state index contributed by atoms with van der Waals surface area (Å²) >= 11 is 1.51. The van der Waals surface area contributed by atoms with Crippen LogP contribution in [0.3, 0.4) is 0 Å². The molecule has 0 spiro atoms. The smallest absolute Gasteiger partial charge is 0.341 e. The fourth-order valence-corrected chi connectivity index (χ4v) is 6.34. The number of nitrogens with one attached hydrogen (secondary N) is 1. The number of carbonyl (C=O) groups is 3. The van der Waals surface area contributed by atoms with Crippen molar-refractivity contribution in [1.29, 1.82) is 0 Å². The van der Waals surface area contributed by atoms with Crippen molar-refractivity contribution in [2.24, 2.45) is 5.92 Å². The van der Waals surface area contributed by atoms with E-state index in [1.165, 1.54) is 36.2 Å². The highest BCUT2D eigenvalue weighted by molar-refractivity contribution is 7.10. The Morgan fingerprint density at radius 3 is 2.40 bits per heavy atom. The van der Waals surface area contributed by atoms with Crippen LogP contribution in [-0.4, -0.2) is 39.4 Å². The van der Waals surface area contributed by atoms with E-state index >= 15 is 0 Å². The van der Waals surface area contributed by atoms with Gasteiger partial charge in [-0.15, -0.1) is 11.3 Å². The molecule has 0 aliphatic heterocycles. The van der Waals surface area contributed by atoms with E-state index in [0.717, 1.165) is 39.4 Å². The number of benzene rings is 3. The molecule has 2 N–H and O–H groups in total. The third-order valence-corrected chi connectivity index (χ3v) is 9.28. The average Bonchev–Trinajstić information content (AvgIpc) is 3.62. The Morgan fingerprint density at radius 1 is 0.960 bits per heavy atom. The molecule has 3 aromatic carbocycles. The largest absolute Gasteiger partial charge is 0.482 e. The zero-order valence-corrected chi connectivity index (χ0v) is 29.1. The quantitative estimate of drug-likeness (QED) is 0.0864. The van der Waals surface area contributed by atoms with Crippen LogP contribution in [0.5, 0.6) is 5.75 Å². The van der Waals surface area contributed by atoms with E-state index in [-0.39, 0.29) is 17.7 Å². The van der Waals surface area contributed by atoms with Gasteiger partial charge in [-0.2, -0.15) is 0 Å². The number of aromatic nitrogens is 1. The fourth-order valence-electron chi connectivity index (χ4n) is 5.51. The number of unbranched alkanes of at least 4 members (excludes halogenated alkanes) is 2. The maximum absolute atomic E-state index is 13.4. The van der Waals surface area contributed by atoms with Crippen LogP contribution in [0.25, 0.3) is 11.6 Å². The minimum Gasteiger partial charge on any atom is -0.482 e. The topological polar surface area (TPSA) is 109 Å². The second-order valence-electron chi connectivity index (χ2n) is 12.3. The van der Waals surface area contributed by atoms with Crippen LogP contribution in [-0.2, 0) is 40.4 Å². The molecule has 9 heteroatoms. The number of ether oxygens (including phenoxy) is 1. The molecular weight excluding hydrogens is 647 g/mol. The first-order valence-corrected chi connectivity index (χ1v) is 17.9. The number of rotatable bonds is 17. The van der Waals surface area contributed by atoms with E-state index in [0.29, 0.717) is 31.8 Å². The van der Waals surface area contributed by atoms with Gasteiger partial charge in [0.25, 0.3) is 0 Å². The Balaban J connectivity index is 1.18. The van der Waals surface area contributed by atoms with Gasteiger partial charge in [0.15, 0.2) is 6.61 Å². The van der Waals surface area contributed by atoms with Crippen molar-refractivity contribution in [3.63, 3.8) is 0 Å². The van der Waals surface area contributed by atoms with Crippen LogP contribution >= 0.6 is 11.3 Å². The Morgan fingerprint density at radius 2 is 1.70 bits per heavy atom. The predicted octanol–water partition coefficient (Wildman–Crippen LogP) is 7.86. The van der Waals surface area contributed by atoms with Crippen molar-refractivity contribution in [3.8, 4) is 5.75 Å². The zero-order chi connectivity index (χ0) is 35.1. The van der Waals surface area contributed by atoms with Crippen LogP contribution in [0.2, 0.25) is 0 Å². The third kappa shape index (κ3) is 11.1. The van der Waals surface area contributed by atoms with Crippen LogP contribution < -0.4 is 10.1 Å². The van der Waals surface area contributed by atoms with Crippen LogP contribution in [0.1, 0.15) is 65.6 Å². The molecule has 5 rings (SSSR count). The number of hydrogen-bond acceptors (Lipinski definition) is 6. The second-order valence-corrected chi connectivity index (χ2v) is 13.1. The normalized spacial score (nSPS) is 13.9. The molecule has 50 heavy (non-hydrogen) atoms. The predicted molar refractivity (Wildman–Crippen MR) is 198 cm³/mol. The summed E-state index contributed by atoms with van der Waals surface area (Å²) in [7, 11) is 0. The van der Waals surface area contributed by atoms with Crippen molar-refractivity contribution in [3.05, 3.63) is 142 Å². The van der Waals surface area contributed by atoms with E-state index < -0.39 is 12.6 Å². The number of hydrogen-bond donors (Lipinski definition) is 2. The molecule has 1 heterocycles. The molecule has 1 aliphatic carbocycles. The standard InChI is InChI=1S/C41H43N3O5S/c1-2-3-5-8-31-11-13-32(14-12-31)25-42-40(48)34-18-20-35(21-19-34)41-43-36(29-50-41)27-44(38(45)24-17-30-9-6-4-7-10-30)26-33-15-22-37(23-16-33)49-28-39(46)47/h4,6-7,9-18,20-24,29,34H,2-3,5,8,19,25-28H2,1H3,(H,42,48)(H,46,47)/b24-17+. The Kier molecular flexibility index (Phi) is 13.3. The first-order valence-electron chi connectivity index (χ1n) is 17.0. The summed E-state index contributed by atoms with van der Waals surface area (Å²) in [6, 6.07) is 25.2. The molecule has 1 atom stereocenters. The van der Waals surface area contributed by atoms with E-state index in [1.807, 2.05) is 60.0 Å². The van der Waals surface area contributed by atoms with Crippen LogP contribution in [0.15, 0.2) is 109 Å². The molecular formula is C41H43N3O5S. The van der Waals surface area contributed by atoms with Gasteiger partial charge in [0.05, 0.1) is 18.2 Å². The lowest BCUT2D eigenvalue weighted by atomic mass is 9.96. The van der Waals surface area contributed by atoms with Gasteiger partial charge in [-0.25, -0.2) is 9.78 Å². The fraction of sp³-hybridized carbons (Fsp3) is 0.268. The lowest BCUT2D eigenvalue weighted by Crippen LogP contribution is -2.29. The molecule has 0 bridgehead atoms. The summed E-state index contributed by atoms with van der Waals surface area (Å²) in [6.07, 6.45) is 14.6. The molecule has 0 saturated heterocycles. The Labute approximate surface area is 297 Å².